The van der Waals surface area contributed by atoms with Crippen LogP contribution in [0.1, 0.15) is 32.6 Å². The molecule has 0 amide bonds. The summed E-state index contributed by atoms with van der Waals surface area (Å²) in [6.45, 7) is 2.36. The molecule has 0 bridgehead atoms. The maximum absolute atomic E-state index is 2.47. The maximum atomic E-state index is 2.47. The van der Waals surface area contributed by atoms with Crippen LogP contribution in [-0.4, -0.2) is 30.1 Å². The Morgan fingerprint density at radius 2 is 1.71 bits per heavy atom. The first-order chi connectivity index (χ1) is 8.20. The van der Waals surface area contributed by atoms with Crippen molar-refractivity contribution in [3.05, 3.63) is 36.2 Å². The van der Waals surface area contributed by atoms with Crippen molar-refractivity contribution in [1.29, 1.82) is 0 Å². The van der Waals surface area contributed by atoms with Crippen LogP contribution < -0.4 is 0 Å². The van der Waals surface area contributed by atoms with Gasteiger partial charge in [0.25, 0.3) is 0 Å². The fourth-order valence-corrected chi connectivity index (χ4v) is 2.94. The van der Waals surface area contributed by atoms with E-state index in [-0.39, 0.29) is 0 Å². The van der Waals surface area contributed by atoms with E-state index in [0.29, 0.717) is 12.1 Å². The summed E-state index contributed by atoms with van der Waals surface area (Å²) in [5, 5.41) is 0. The standard InChI is InChI=1S/C15H24N2/c1-13(15-16(2)11-12-17(15)3)14-9-7-5-4-6-8-10-14/h4-5,10-13,15H,6-9H2,1-3H3/b5-4-,14-10+/t13-/m1/s1. The molecule has 1 atom stereocenters. The van der Waals surface area contributed by atoms with Crippen molar-refractivity contribution in [2.24, 2.45) is 5.92 Å². The summed E-state index contributed by atoms with van der Waals surface area (Å²) in [7, 11) is 4.34. The van der Waals surface area contributed by atoms with Crippen LogP contribution in [0.3, 0.4) is 0 Å². The van der Waals surface area contributed by atoms with Gasteiger partial charge in [0.15, 0.2) is 0 Å². The van der Waals surface area contributed by atoms with Gasteiger partial charge in [-0.1, -0.05) is 30.7 Å². The second-order valence-electron chi connectivity index (χ2n) is 5.20. The van der Waals surface area contributed by atoms with Crippen LogP contribution in [0.2, 0.25) is 0 Å². The minimum atomic E-state index is 0.490. The average molecular weight is 232 g/mol. The molecule has 0 aromatic heterocycles. The summed E-state index contributed by atoms with van der Waals surface area (Å²) in [5.41, 5.74) is 1.63. The van der Waals surface area contributed by atoms with Gasteiger partial charge >= 0.3 is 0 Å². The minimum absolute atomic E-state index is 0.490. The summed E-state index contributed by atoms with van der Waals surface area (Å²) in [4.78, 5) is 4.64. The number of hydrogen-bond donors (Lipinski definition) is 0. The molecule has 0 aromatic carbocycles. The monoisotopic (exact) mass is 232 g/mol. The first-order valence-corrected chi connectivity index (χ1v) is 6.66. The molecule has 0 saturated carbocycles. The van der Waals surface area contributed by atoms with Crippen LogP contribution >= 0.6 is 0 Å². The summed E-state index contributed by atoms with van der Waals surface area (Å²) in [5.74, 6) is 0.603. The maximum Gasteiger partial charge on any atom is 0.106 e. The van der Waals surface area contributed by atoms with Gasteiger partial charge in [-0.3, -0.25) is 0 Å². The molecule has 0 spiro atoms. The van der Waals surface area contributed by atoms with Crippen molar-refractivity contribution in [3.63, 3.8) is 0 Å². The summed E-state index contributed by atoms with van der Waals surface area (Å²) < 4.78 is 0. The zero-order valence-electron chi connectivity index (χ0n) is 11.3. The van der Waals surface area contributed by atoms with Gasteiger partial charge in [-0.25, -0.2) is 0 Å². The van der Waals surface area contributed by atoms with Gasteiger partial charge in [-0.2, -0.15) is 0 Å². The first-order valence-electron chi connectivity index (χ1n) is 6.66. The number of rotatable bonds is 2. The molecule has 17 heavy (non-hydrogen) atoms. The third kappa shape index (κ3) is 2.74. The lowest BCUT2D eigenvalue weighted by atomic mass is 9.90. The van der Waals surface area contributed by atoms with Crippen molar-refractivity contribution >= 4 is 0 Å². The quantitative estimate of drug-likeness (QED) is 0.674. The summed E-state index contributed by atoms with van der Waals surface area (Å²) in [6.07, 6.45) is 16.8. The van der Waals surface area contributed by atoms with Gasteiger partial charge in [0.05, 0.1) is 0 Å². The van der Waals surface area contributed by atoms with Crippen LogP contribution in [0.5, 0.6) is 0 Å². The molecule has 0 unspecified atom stereocenters. The van der Waals surface area contributed by atoms with E-state index in [4.69, 9.17) is 0 Å². The largest absolute Gasteiger partial charge is 0.359 e. The van der Waals surface area contributed by atoms with Crippen LogP contribution in [0.25, 0.3) is 0 Å². The van der Waals surface area contributed by atoms with Crippen molar-refractivity contribution in [1.82, 2.24) is 9.80 Å². The molecular formula is C15H24N2. The molecule has 2 rings (SSSR count). The molecule has 2 heteroatoms. The lowest BCUT2D eigenvalue weighted by Crippen LogP contribution is -2.40. The van der Waals surface area contributed by atoms with E-state index in [0.717, 1.165) is 0 Å². The van der Waals surface area contributed by atoms with E-state index in [1.54, 1.807) is 5.57 Å². The van der Waals surface area contributed by atoms with Crippen LogP contribution in [0, 0.1) is 5.92 Å². The van der Waals surface area contributed by atoms with E-state index in [9.17, 15) is 0 Å². The summed E-state index contributed by atoms with van der Waals surface area (Å²) >= 11 is 0. The predicted octanol–water partition coefficient (Wildman–Crippen LogP) is 3.35. The van der Waals surface area contributed by atoms with Crippen molar-refractivity contribution in [3.8, 4) is 0 Å². The van der Waals surface area contributed by atoms with E-state index in [1.165, 1.54) is 25.7 Å². The zero-order chi connectivity index (χ0) is 12.3. The predicted molar refractivity (Wildman–Crippen MR) is 73.3 cm³/mol. The highest BCUT2D eigenvalue weighted by Crippen LogP contribution is 2.29. The molecule has 2 nitrogen and oxygen atoms in total. The first kappa shape index (κ1) is 12.3. The number of nitrogens with zero attached hydrogens (tertiary/aromatic N) is 2. The topological polar surface area (TPSA) is 6.48 Å². The highest BCUT2D eigenvalue weighted by molar-refractivity contribution is 5.14. The minimum Gasteiger partial charge on any atom is -0.359 e. The normalized spacial score (nSPS) is 28.5. The van der Waals surface area contributed by atoms with E-state index >= 15 is 0 Å². The van der Waals surface area contributed by atoms with Crippen LogP contribution in [0.4, 0.5) is 0 Å². The van der Waals surface area contributed by atoms with Gasteiger partial charge in [0.2, 0.25) is 0 Å². The molecule has 0 N–H and O–H groups in total. The highest BCUT2D eigenvalue weighted by atomic mass is 15.4. The Bertz CT molecular complexity index is 329. The van der Waals surface area contributed by atoms with Gasteiger partial charge < -0.3 is 9.80 Å². The fraction of sp³-hybridized carbons (Fsp3) is 0.600. The lowest BCUT2D eigenvalue weighted by molar-refractivity contribution is 0.156. The average Bonchev–Trinajstić information content (AvgIpc) is 2.57. The molecule has 0 fully saturated rings. The smallest absolute Gasteiger partial charge is 0.106 e. The Hall–Kier alpha value is -1.18. The second-order valence-corrected chi connectivity index (χ2v) is 5.20. The number of allylic oxidation sites excluding steroid dienone is 3. The third-order valence-electron chi connectivity index (χ3n) is 3.91. The third-order valence-corrected chi connectivity index (χ3v) is 3.91. The molecule has 0 saturated heterocycles. The Labute approximate surface area is 105 Å². The molecular weight excluding hydrogens is 208 g/mol. The van der Waals surface area contributed by atoms with Crippen LogP contribution in [0.15, 0.2) is 36.2 Å². The fourth-order valence-electron chi connectivity index (χ4n) is 2.94. The van der Waals surface area contributed by atoms with Crippen molar-refractivity contribution in [2.75, 3.05) is 14.1 Å². The van der Waals surface area contributed by atoms with Gasteiger partial charge in [0.1, 0.15) is 6.17 Å². The Balaban J connectivity index is 2.05. The van der Waals surface area contributed by atoms with Crippen molar-refractivity contribution < 1.29 is 0 Å². The van der Waals surface area contributed by atoms with E-state index in [2.05, 4.69) is 61.4 Å². The Kier molecular flexibility index (Phi) is 3.93. The second kappa shape index (κ2) is 5.44. The van der Waals surface area contributed by atoms with Crippen LogP contribution in [-0.2, 0) is 0 Å². The van der Waals surface area contributed by atoms with E-state index < -0.39 is 0 Å². The molecule has 2 aliphatic rings. The molecule has 1 aliphatic heterocycles. The van der Waals surface area contributed by atoms with Gasteiger partial charge in [-0.15, -0.1) is 0 Å². The van der Waals surface area contributed by atoms with Gasteiger partial charge in [0, 0.05) is 32.4 Å². The molecule has 1 aliphatic carbocycles. The summed E-state index contributed by atoms with van der Waals surface area (Å²) in [6, 6.07) is 0. The molecule has 0 aromatic rings. The SMILES string of the molecule is C[C@H](/C1=C/CC/C=C\CC1)C1N(C)C=CN1C. The molecule has 94 valence electrons. The van der Waals surface area contributed by atoms with E-state index in [1.807, 2.05) is 0 Å². The molecule has 0 radical (unpaired) electrons. The molecule has 1 heterocycles. The van der Waals surface area contributed by atoms with Crippen molar-refractivity contribution in [2.45, 2.75) is 38.8 Å². The zero-order valence-corrected chi connectivity index (χ0v) is 11.3. The van der Waals surface area contributed by atoms with Gasteiger partial charge in [-0.05, 0) is 25.7 Å². The number of hydrogen-bond acceptors (Lipinski definition) is 2. The lowest BCUT2D eigenvalue weighted by Gasteiger charge is -2.34. The highest BCUT2D eigenvalue weighted by Gasteiger charge is 2.28. The Morgan fingerprint density at radius 3 is 2.41 bits per heavy atom. The Morgan fingerprint density at radius 1 is 1.06 bits per heavy atom.